The smallest absolute Gasteiger partial charge is 0.180 e. The molecule has 0 aliphatic rings. The molecule has 0 aliphatic heterocycles. The van der Waals surface area contributed by atoms with Crippen LogP contribution in [0.4, 0.5) is 0 Å². The summed E-state index contributed by atoms with van der Waals surface area (Å²) in [5, 5.41) is -1.21. The number of sulfone groups is 1. The van der Waals surface area contributed by atoms with Gasteiger partial charge in [-0.05, 0) is 30.2 Å². The number of rotatable bonds is 5. The van der Waals surface area contributed by atoms with Gasteiger partial charge in [-0.1, -0.05) is 31.2 Å². The summed E-state index contributed by atoms with van der Waals surface area (Å²) in [6.45, 7) is 5.09. The summed E-state index contributed by atoms with van der Waals surface area (Å²) in [6.07, 6.45) is 7.06. The Balaban J connectivity index is 2.30. The van der Waals surface area contributed by atoms with Crippen LogP contribution in [-0.2, 0) is 22.1 Å². The Labute approximate surface area is 167 Å². The van der Waals surface area contributed by atoms with Gasteiger partial charge in [-0.3, -0.25) is 4.98 Å². The Hall–Kier alpha value is -2.41. The van der Waals surface area contributed by atoms with Crippen LogP contribution in [0.25, 0.3) is 28.8 Å². The van der Waals surface area contributed by atoms with Crippen LogP contribution >= 0.6 is 0 Å². The molecule has 3 rings (SSSR count). The molecule has 0 saturated heterocycles. The molecule has 3 aromatic heterocycles. The van der Waals surface area contributed by atoms with E-state index in [2.05, 4.69) is 15.0 Å². The van der Waals surface area contributed by atoms with Crippen LogP contribution in [0.5, 0.6) is 0 Å². The van der Waals surface area contributed by atoms with Gasteiger partial charge in [-0.15, -0.1) is 0 Å². The van der Waals surface area contributed by atoms with Crippen LogP contribution in [0.3, 0.4) is 0 Å². The van der Waals surface area contributed by atoms with Gasteiger partial charge in [0.15, 0.2) is 21.3 Å². The molecule has 4 radical (unpaired) electrons. The van der Waals surface area contributed by atoms with Crippen molar-refractivity contribution in [1.82, 2.24) is 19.5 Å². The van der Waals surface area contributed by atoms with E-state index in [1.54, 1.807) is 31.7 Å². The average molecular weight is 390 g/mol. The zero-order chi connectivity index (χ0) is 20.7. The number of hydrogen-bond donors (Lipinski definition) is 0. The summed E-state index contributed by atoms with van der Waals surface area (Å²) in [7, 11) is 10.1. The van der Waals surface area contributed by atoms with Gasteiger partial charge in [-0.25, -0.2) is 18.4 Å². The maximum atomic E-state index is 12.8. The summed E-state index contributed by atoms with van der Waals surface area (Å²) in [5.74, 6) is 0.333. The molecule has 0 amide bonds. The number of nitrogens with zero attached hydrogens (tertiary/aromatic N) is 4. The van der Waals surface area contributed by atoms with Crippen molar-refractivity contribution in [1.29, 1.82) is 0 Å². The van der Waals surface area contributed by atoms with Gasteiger partial charge < -0.3 is 4.57 Å². The van der Waals surface area contributed by atoms with Crippen molar-refractivity contribution in [3.05, 3.63) is 41.7 Å². The Bertz CT molecular complexity index is 1180. The van der Waals surface area contributed by atoms with E-state index in [0.717, 1.165) is 5.56 Å². The van der Waals surface area contributed by atoms with Crippen molar-refractivity contribution < 1.29 is 8.42 Å². The van der Waals surface area contributed by atoms with Crippen molar-refractivity contribution in [2.24, 2.45) is 7.05 Å². The summed E-state index contributed by atoms with van der Waals surface area (Å²) in [6, 6.07) is 3.38. The minimum atomic E-state index is -3.59. The first-order valence-corrected chi connectivity index (χ1v) is 10.5. The highest BCUT2D eigenvalue weighted by Gasteiger charge is 2.26. The van der Waals surface area contributed by atoms with Gasteiger partial charge in [0.25, 0.3) is 0 Å². The van der Waals surface area contributed by atoms with Crippen LogP contribution in [0.2, 0.25) is 0 Å². The zero-order valence-electron chi connectivity index (χ0n) is 16.3. The zero-order valence-corrected chi connectivity index (χ0v) is 17.2. The monoisotopic (exact) mass is 390 g/mol. The fourth-order valence-corrected chi connectivity index (χ4v) is 3.94. The molecular weight excluding hydrogens is 370 g/mol. The van der Waals surface area contributed by atoms with Crippen LogP contribution in [0.15, 0.2) is 35.5 Å². The first-order valence-electron chi connectivity index (χ1n) is 8.85. The van der Waals surface area contributed by atoms with E-state index < -0.39 is 15.1 Å². The van der Waals surface area contributed by atoms with Crippen LogP contribution in [0.1, 0.15) is 31.9 Å². The molecule has 28 heavy (non-hydrogen) atoms. The Morgan fingerprint density at radius 3 is 2.54 bits per heavy atom. The lowest BCUT2D eigenvalue weighted by molar-refractivity contribution is 0.596. The van der Waals surface area contributed by atoms with E-state index in [-0.39, 0.29) is 16.3 Å². The van der Waals surface area contributed by atoms with E-state index in [9.17, 15) is 8.42 Å². The maximum absolute atomic E-state index is 12.8. The van der Waals surface area contributed by atoms with Gasteiger partial charge in [0, 0.05) is 19.4 Å². The third-order valence-corrected chi connectivity index (χ3v) is 6.23. The normalized spacial score (nSPS) is 12.9. The van der Waals surface area contributed by atoms with Gasteiger partial charge in [-0.2, -0.15) is 0 Å². The molecule has 6 nitrogen and oxygen atoms in total. The first kappa shape index (κ1) is 20.3. The molecule has 0 bridgehead atoms. The molecule has 0 aliphatic carbocycles. The van der Waals surface area contributed by atoms with Gasteiger partial charge >= 0.3 is 0 Å². The summed E-state index contributed by atoms with van der Waals surface area (Å²) in [5.41, 5.74) is 2.88. The quantitative estimate of drug-likeness (QED) is 0.626. The summed E-state index contributed by atoms with van der Waals surface area (Å²) in [4.78, 5) is 13.5. The number of pyridine rings is 2. The average Bonchev–Trinajstić information content (AvgIpc) is 2.97. The summed E-state index contributed by atoms with van der Waals surface area (Å²) < 4.78 is 27.2. The molecule has 0 N–H and O–H groups in total. The van der Waals surface area contributed by atoms with E-state index in [1.807, 2.05) is 25.1 Å². The van der Waals surface area contributed by atoms with E-state index in [0.29, 0.717) is 22.6 Å². The van der Waals surface area contributed by atoms with Gasteiger partial charge in [0.05, 0.1) is 26.3 Å². The van der Waals surface area contributed by atoms with Crippen molar-refractivity contribution in [3.63, 3.8) is 0 Å². The minimum Gasteiger partial charge on any atom is -0.310 e. The van der Waals surface area contributed by atoms with Crippen molar-refractivity contribution in [2.75, 3.05) is 5.75 Å². The largest absolute Gasteiger partial charge is 0.310 e. The van der Waals surface area contributed by atoms with Gasteiger partial charge in [0.1, 0.15) is 11.2 Å². The van der Waals surface area contributed by atoms with Crippen LogP contribution in [-0.4, -0.2) is 49.4 Å². The second-order valence-electron chi connectivity index (χ2n) is 6.86. The highest BCUT2D eigenvalue weighted by atomic mass is 32.2. The third kappa shape index (κ3) is 3.63. The lowest BCUT2D eigenvalue weighted by Crippen LogP contribution is -2.23. The van der Waals surface area contributed by atoms with Crippen LogP contribution < -0.4 is 0 Å². The molecule has 0 spiro atoms. The number of fused-ring (bicyclic) bond motifs is 1. The van der Waals surface area contributed by atoms with Crippen molar-refractivity contribution >= 4 is 42.8 Å². The maximum Gasteiger partial charge on any atom is 0.180 e. The van der Waals surface area contributed by atoms with Gasteiger partial charge in [0.2, 0.25) is 0 Å². The minimum absolute atomic E-state index is 0.0571. The number of hydrogen-bond acceptors (Lipinski definition) is 5. The Morgan fingerprint density at radius 1 is 1.21 bits per heavy atom. The highest BCUT2D eigenvalue weighted by Crippen LogP contribution is 2.30. The number of aryl methyl sites for hydroxylation is 1. The molecule has 0 atom stereocenters. The Morgan fingerprint density at radius 2 is 1.93 bits per heavy atom. The molecule has 3 aromatic rings. The lowest BCUT2D eigenvalue weighted by Gasteiger charge is -2.21. The molecule has 3 heterocycles. The Kier molecular flexibility index (Phi) is 5.23. The van der Waals surface area contributed by atoms with Crippen LogP contribution in [0, 0.1) is 0 Å². The SMILES string of the molecule is [B]C([B])(C)c1cnc(-c2nc3cc(/C=C/C)cnc3n2C)c(S(=O)(=O)CC)c1. The lowest BCUT2D eigenvalue weighted by atomic mass is 9.53. The number of allylic oxidation sites excluding steroid dienone is 1. The number of aromatic nitrogens is 4. The number of imidazole rings is 1. The molecule has 9 heteroatoms. The second kappa shape index (κ2) is 7.20. The molecule has 140 valence electrons. The molecular formula is C19H20B2N4O2S. The molecule has 0 aromatic carbocycles. The molecule has 0 unspecified atom stereocenters. The predicted molar refractivity (Wildman–Crippen MR) is 113 cm³/mol. The standard InChI is InChI=1S/C19H20B2N4O2S/c1-5-7-12-8-14-17(23-10-12)25(4)18(24-14)16-15(28(26,27)6-2)9-13(11-22-16)19(3,20)21/h5,7-11H,6H2,1-4H3/b7-5+. The fraction of sp³-hybridized carbons (Fsp3) is 0.316. The topological polar surface area (TPSA) is 77.7 Å². The third-order valence-electron chi connectivity index (χ3n) is 4.49. The second-order valence-corrected chi connectivity index (χ2v) is 9.11. The van der Waals surface area contributed by atoms with E-state index in [4.69, 9.17) is 15.7 Å². The van der Waals surface area contributed by atoms with E-state index >= 15 is 0 Å². The van der Waals surface area contributed by atoms with Crippen molar-refractivity contribution in [2.45, 2.75) is 30.9 Å². The molecule has 0 fully saturated rings. The molecule has 0 saturated carbocycles. The highest BCUT2D eigenvalue weighted by molar-refractivity contribution is 7.91. The van der Waals surface area contributed by atoms with E-state index in [1.165, 1.54) is 12.3 Å². The summed E-state index contributed by atoms with van der Waals surface area (Å²) >= 11 is 0. The predicted octanol–water partition coefficient (Wildman–Crippen LogP) is 2.37. The fourth-order valence-electron chi connectivity index (χ4n) is 2.89. The first-order chi connectivity index (χ1) is 13.1. The van der Waals surface area contributed by atoms with Crippen molar-refractivity contribution in [3.8, 4) is 11.5 Å².